The summed E-state index contributed by atoms with van der Waals surface area (Å²) in [4.78, 5) is 16.2. The molecule has 33 heavy (non-hydrogen) atoms. The monoisotopic (exact) mass is 483 g/mol. The van der Waals surface area contributed by atoms with E-state index in [1.807, 2.05) is 0 Å². The number of sulfonamides is 1. The molecule has 0 aromatic heterocycles. The van der Waals surface area contributed by atoms with Crippen molar-refractivity contribution in [3.8, 4) is 0 Å². The molecule has 10 heteroatoms. The molecule has 0 bridgehead atoms. The Morgan fingerprint density at radius 2 is 1.79 bits per heavy atom. The minimum atomic E-state index is -4.82. The molecule has 2 aromatic rings. The molecule has 1 saturated heterocycles. The molecule has 0 unspecified atom stereocenters. The lowest BCUT2D eigenvalue weighted by molar-refractivity contribution is -0.139. The van der Waals surface area contributed by atoms with Crippen LogP contribution in [0.2, 0.25) is 0 Å². The van der Waals surface area contributed by atoms with Gasteiger partial charge in [0, 0.05) is 30.9 Å². The third-order valence-electron chi connectivity index (χ3n) is 5.55. The number of hydrogen-bond donors (Lipinski definition) is 1. The number of rotatable bonds is 7. The highest BCUT2D eigenvalue weighted by molar-refractivity contribution is 7.92. The zero-order valence-electron chi connectivity index (χ0n) is 18.4. The molecule has 1 aliphatic heterocycles. The van der Waals surface area contributed by atoms with Gasteiger partial charge in [0.2, 0.25) is 0 Å². The van der Waals surface area contributed by atoms with E-state index in [9.17, 15) is 26.4 Å². The predicted octanol–water partition coefficient (Wildman–Crippen LogP) is 4.45. The molecule has 1 fully saturated rings. The topological polar surface area (TPSA) is 69.7 Å². The van der Waals surface area contributed by atoms with E-state index >= 15 is 0 Å². The Balaban J connectivity index is 1.76. The maximum absolute atomic E-state index is 13.3. The van der Waals surface area contributed by atoms with E-state index in [-0.39, 0.29) is 17.2 Å². The van der Waals surface area contributed by atoms with E-state index < -0.39 is 26.7 Å². The van der Waals surface area contributed by atoms with Gasteiger partial charge in [-0.2, -0.15) is 13.2 Å². The van der Waals surface area contributed by atoms with E-state index in [2.05, 4.69) is 16.5 Å². The average Bonchev–Trinajstić information content (AvgIpc) is 3.02. The second kappa shape index (κ2) is 10.6. The molecule has 3 rings (SSSR count). The molecule has 180 valence electrons. The van der Waals surface area contributed by atoms with Crippen molar-refractivity contribution in [2.45, 2.75) is 37.3 Å². The SMILES string of the molecule is CCCCN1CCCN(C(=O)c2cccc(NS(=O)(=O)c3ccccc3C(F)(F)F)c2)CC1. The summed E-state index contributed by atoms with van der Waals surface area (Å²) in [6.07, 6.45) is -1.76. The van der Waals surface area contributed by atoms with E-state index in [1.165, 1.54) is 24.3 Å². The molecule has 0 saturated carbocycles. The molecule has 0 atom stereocenters. The number of nitrogens with zero attached hydrogens (tertiary/aromatic N) is 2. The predicted molar refractivity (Wildman–Crippen MR) is 121 cm³/mol. The Morgan fingerprint density at radius 3 is 2.52 bits per heavy atom. The zero-order valence-corrected chi connectivity index (χ0v) is 19.3. The third-order valence-corrected chi connectivity index (χ3v) is 6.99. The molecule has 1 N–H and O–H groups in total. The summed E-state index contributed by atoms with van der Waals surface area (Å²) in [5.74, 6) is -0.232. The summed E-state index contributed by atoms with van der Waals surface area (Å²) in [6, 6.07) is 9.82. The van der Waals surface area contributed by atoms with Crippen molar-refractivity contribution < 1.29 is 26.4 Å². The second-order valence-electron chi connectivity index (χ2n) is 8.02. The number of unbranched alkanes of at least 4 members (excludes halogenated alkanes) is 1. The number of nitrogens with one attached hydrogen (secondary N) is 1. The van der Waals surface area contributed by atoms with Crippen LogP contribution in [0.3, 0.4) is 0 Å². The summed E-state index contributed by atoms with van der Waals surface area (Å²) in [7, 11) is -4.52. The quantitative estimate of drug-likeness (QED) is 0.632. The number of carbonyl (C=O) groups is 1. The van der Waals surface area contributed by atoms with Crippen LogP contribution in [0.4, 0.5) is 18.9 Å². The van der Waals surface area contributed by atoms with Gasteiger partial charge >= 0.3 is 6.18 Å². The fourth-order valence-electron chi connectivity index (χ4n) is 3.82. The van der Waals surface area contributed by atoms with Gasteiger partial charge in [-0.05, 0) is 56.3 Å². The summed E-state index contributed by atoms with van der Waals surface area (Å²) < 4.78 is 67.4. The van der Waals surface area contributed by atoms with Crippen molar-refractivity contribution in [2.75, 3.05) is 37.4 Å². The van der Waals surface area contributed by atoms with Gasteiger partial charge in [0.15, 0.2) is 0 Å². The van der Waals surface area contributed by atoms with Crippen molar-refractivity contribution in [3.63, 3.8) is 0 Å². The molecule has 1 heterocycles. The Labute approximate surface area is 192 Å². The summed E-state index contributed by atoms with van der Waals surface area (Å²) >= 11 is 0. The van der Waals surface area contributed by atoms with Crippen molar-refractivity contribution in [2.24, 2.45) is 0 Å². The number of amides is 1. The summed E-state index contributed by atoms with van der Waals surface area (Å²) in [5, 5.41) is 0. The lowest BCUT2D eigenvalue weighted by Gasteiger charge is -2.22. The normalized spacial score (nSPS) is 15.8. The van der Waals surface area contributed by atoms with Gasteiger partial charge in [-0.3, -0.25) is 9.52 Å². The first-order chi connectivity index (χ1) is 15.6. The number of alkyl halides is 3. The highest BCUT2D eigenvalue weighted by Gasteiger charge is 2.37. The second-order valence-corrected chi connectivity index (χ2v) is 9.67. The van der Waals surface area contributed by atoms with Crippen LogP contribution >= 0.6 is 0 Å². The Hall–Kier alpha value is -2.59. The Morgan fingerprint density at radius 1 is 1.03 bits per heavy atom. The molecule has 0 spiro atoms. The lowest BCUT2D eigenvalue weighted by atomic mass is 10.1. The van der Waals surface area contributed by atoms with Crippen LogP contribution in [-0.2, 0) is 16.2 Å². The van der Waals surface area contributed by atoms with Gasteiger partial charge in [0.1, 0.15) is 0 Å². The highest BCUT2D eigenvalue weighted by Crippen LogP contribution is 2.34. The first kappa shape index (κ1) is 25.0. The van der Waals surface area contributed by atoms with Crippen molar-refractivity contribution in [1.29, 1.82) is 0 Å². The van der Waals surface area contributed by atoms with Crippen LogP contribution in [0.25, 0.3) is 0 Å². The van der Waals surface area contributed by atoms with Crippen molar-refractivity contribution in [1.82, 2.24) is 9.80 Å². The smallest absolute Gasteiger partial charge is 0.337 e. The number of benzene rings is 2. The van der Waals surface area contributed by atoms with Gasteiger partial charge in [-0.1, -0.05) is 31.5 Å². The fourth-order valence-corrected chi connectivity index (χ4v) is 5.10. The van der Waals surface area contributed by atoms with Crippen LogP contribution in [0, 0.1) is 0 Å². The van der Waals surface area contributed by atoms with Crippen molar-refractivity contribution in [3.05, 3.63) is 59.7 Å². The summed E-state index contributed by atoms with van der Waals surface area (Å²) in [6.45, 7) is 5.98. The first-order valence-corrected chi connectivity index (χ1v) is 12.4. The van der Waals surface area contributed by atoms with E-state index in [4.69, 9.17) is 0 Å². The molecule has 0 radical (unpaired) electrons. The van der Waals surface area contributed by atoms with Crippen LogP contribution in [0.1, 0.15) is 42.1 Å². The zero-order chi connectivity index (χ0) is 24.1. The molecular weight excluding hydrogens is 455 g/mol. The van der Waals surface area contributed by atoms with Gasteiger partial charge in [-0.15, -0.1) is 0 Å². The molecule has 1 amide bonds. The molecule has 0 aliphatic carbocycles. The molecule has 2 aromatic carbocycles. The largest absolute Gasteiger partial charge is 0.417 e. The maximum Gasteiger partial charge on any atom is 0.417 e. The van der Waals surface area contributed by atoms with E-state index in [0.29, 0.717) is 13.1 Å². The lowest BCUT2D eigenvalue weighted by Crippen LogP contribution is -2.35. The molecule has 1 aliphatic rings. The standard InChI is InChI=1S/C23H28F3N3O3S/c1-2-3-12-28-13-7-14-29(16-15-28)22(30)18-8-6-9-19(17-18)27-33(31,32)21-11-5-4-10-20(21)23(24,25)26/h4-6,8-11,17,27H,2-3,7,12-16H2,1H3. The highest BCUT2D eigenvalue weighted by atomic mass is 32.2. The number of halogens is 3. The van der Waals surface area contributed by atoms with Gasteiger partial charge in [0.05, 0.1) is 10.5 Å². The number of hydrogen-bond acceptors (Lipinski definition) is 4. The van der Waals surface area contributed by atoms with Crippen LogP contribution in [-0.4, -0.2) is 56.8 Å². The molecule has 6 nitrogen and oxygen atoms in total. The Kier molecular flexibility index (Phi) is 8.01. The first-order valence-electron chi connectivity index (χ1n) is 10.9. The average molecular weight is 484 g/mol. The van der Waals surface area contributed by atoms with Gasteiger partial charge in [0.25, 0.3) is 15.9 Å². The maximum atomic E-state index is 13.3. The van der Waals surface area contributed by atoms with Gasteiger partial charge in [-0.25, -0.2) is 8.42 Å². The molecular formula is C23H28F3N3O3S. The summed E-state index contributed by atoms with van der Waals surface area (Å²) in [5.41, 5.74) is -0.944. The van der Waals surface area contributed by atoms with Gasteiger partial charge < -0.3 is 9.80 Å². The number of anilines is 1. The van der Waals surface area contributed by atoms with Crippen LogP contribution in [0.15, 0.2) is 53.4 Å². The Bertz CT molecular complexity index is 1070. The van der Waals surface area contributed by atoms with Crippen LogP contribution in [0.5, 0.6) is 0 Å². The fraction of sp³-hybridized carbons (Fsp3) is 0.435. The minimum Gasteiger partial charge on any atom is -0.337 e. The third kappa shape index (κ3) is 6.48. The van der Waals surface area contributed by atoms with Crippen LogP contribution < -0.4 is 4.72 Å². The number of carbonyl (C=O) groups excluding carboxylic acids is 1. The minimum absolute atomic E-state index is 0.0252. The van der Waals surface area contributed by atoms with Crippen molar-refractivity contribution >= 4 is 21.6 Å². The van der Waals surface area contributed by atoms with E-state index in [0.717, 1.165) is 57.1 Å². The van der Waals surface area contributed by atoms with E-state index in [1.54, 1.807) is 11.0 Å².